The molecule has 9 heteroatoms. The molecule has 1 aliphatic carbocycles. The number of aromatic nitrogens is 2. The van der Waals surface area contributed by atoms with Crippen molar-refractivity contribution in [1.29, 1.82) is 0 Å². The second-order valence-electron chi connectivity index (χ2n) is 8.53. The van der Waals surface area contributed by atoms with E-state index < -0.39 is 0 Å². The molecule has 3 aromatic rings. The largest absolute Gasteiger partial charge is 0.455 e. The Bertz CT molecular complexity index is 1240. The number of para-hydroxylation sites is 1. The Morgan fingerprint density at radius 1 is 1.09 bits per heavy atom. The number of anilines is 3. The summed E-state index contributed by atoms with van der Waals surface area (Å²) in [6.45, 7) is 2.40. The molecule has 1 amide bonds. The van der Waals surface area contributed by atoms with Gasteiger partial charge in [0.05, 0.1) is 15.7 Å². The Labute approximate surface area is 201 Å². The van der Waals surface area contributed by atoms with Crippen molar-refractivity contribution >= 4 is 46.4 Å². The van der Waals surface area contributed by atoms with E-state index >= 15 is 0 Å². The highest BCUT2D eigenvalue weighted by Crippen LogP contribution is 2.37. The summed E-state index contributed by atoms with van der Waals surface area (Å²) in [6, 6.07) is 12.1. The minimum Gasteiger partial charge on any atom is -0.455 e. The van der Waals surface area contributed by atoms with Crippen molar-refractivity contribution in [3.8, 4) is 5.88 Å². The molecule has 1 unspecified atom stereocenters. The average molecular weight is 482 g/mol. The van der Waals surface area contributed by atoms with E-state index in [4.69, 9.17) is 27.9 Å². The maximum Gasteiger partial charge on any atom is 0.268 e. The minimum atomic E-state index is -0.312. The number of benzene rings is 2. The third-order valence-electron chi connectivity index (χ3n) is 6.43. The van der Waals surface area contributed by atoms with E-state index in [2.05, 4.69) is 32.3 Å². The number of hydrogen-bond donors (Lipinski definition) is 1. The van der Waals surface area contributed by atoms with Gasteiger partial charge in [-0.1, -0.05) is 35.3 Å². The van der Waals surface area contributed by atoms with E-state index in [1.165, 1.54) is 41.7 Å². The van der Waals surface area contributed by atoms with Crippen LogP contribution in [0.5, 0.6) is 5.88 Å². The van der Waals surface area contributed by atoms with Crippen LogP contribution in [0, 0.1) is 0 Å². The van der Waals surface area contributed by atoms with Crippen LogP contribution in [-0.2, 0) is 12.8 Å². The van der Waals surface area contributed by atoms with Crippen molar-refractivity contribution in [2.45, 2.75) is 25.3 Å². The van der Waals surface area contributed by atoms with Gasteiger partial charge in [-0.05, 0) is 54.7 Å². The van der Waals surface area contributed by atoms with Crippen molar-refractivity contribution in [2.24, 2.45) is 0 Å². The average Bonchev–Trinajstić information content (AvgIpc) is 3.65. The Morgan fingerprint density at radius 3 is 2.70 bits per heavy atom. The standard InChI is InChI=1S/C24H21Cl2N5O2/c25-19-2-1-3-20(26)21(19)31-13-33-22-18(23(31)32)12-27-24(29-22)28-16-6-4-14-5-7-17(30-8-9-30)11-15(14)10-16/h1-4,6,10,12,17H,5,7-9,11,13H2,(H,27,28,29). The second-order valence-corrected chi connectivity index (χ2v) is 9.34. The van der Waals surface area contributed by atoms with Gasteiger partial charge in [0.25, 0.3) is 5.91 Å². The van der Waals surface area contributed by atoms with Crippen LogP contribution in [0.25, 0.3) is 0 Å². The van der Waals surface area contributed by atoms with Crippen LogP contribution in [0.15, 0.2) is 42.6 Å². The van der Waals surface area contributed by atoms with Crippen LogP contribution in [0.2, 0.25) is 10.0 Å². The first-order valence-corrected chi connectivity index (χ1v) is 11.7. The molecule has 3 heterocycles. The number of hydrogen-bond acceptors (Lipinski definition) is 6. The highest BCUT2D eigenvalue weighted by atomic mass is 35.5. The smallest absolute Gasteiger partial charge is 0.268 e. The number of carbonyl (C=O) groups is 1. The summed E-state index contributed by atoms with van der Waals surface area (Å²) in [5.74, 6) is 0.299. The van der Waals surface area contributed by atoms with Crippen LogP contribution in [0.4, 0.5) is 17.3 Å². The number of fused-ring (bicyclic) bond motifs is 2. The first-order chi connectivity index (χ1) is 16.1. The van der Waals surface area contributed by atoms with Gasteiger partial charge in [0.2, 0.25) is 11.8 Å². The number of amides is 1. The van der Waals surface area contributed by atoms with Gasteiger partial charge in [-0.3, -0.25) is 14.6 Å². The molecule has 1 N–H and O–H groups in total. The monoisotopic (exact) mass is 481 g/mol. The SMILES string of the molecule is O=C1c2cnc(Nc3ccc4c(c3)CC(N3CC3)CC4)nc2OCN1c1c(Cl)cccc1Cl. The van der Waals surface area contributed by atoms with Crippen LogP contribution in [0.1, 0.15) is 27.9 Å². The number of ether oxygens (including phenoxy) is 1. The fourth-order valence-electron chi connectivity index (χ4n) is 4.61. The molecule has 3 aliphatic rings. The maximum atomic E-state index is 13.1. The van der Waals surface area contributed by atoms with Gasteiger partial charge < -0.3 is 10.1 Å². The zero-order valence-corrected chi connectivity index (χ0v) is 19.2. The Hall–Kier alpha value is -2.87. The van der Waals surface area contributed by atoms with Gasteiger partial charge in [-0.2, -0.15) is 4.98 Å². The molecule has 2 aromatic carbocycles. The fourth-order valence-corrected chi connectivity index (χ4v) is 5.21. The fraction of sp³-hybridized carbons (Fsp3) is 0.292. The summed E-state index contributed by atoms with van der Waals surface area (Å²) in [7, 11) is 0. The Kier molecular flexibility index (Phi) is 5.13. The topological polar surface area (TPSA) is 70.4 Å². The van der Waals surface area contributed by atoms with E-state index in [1.54, 1.807) is 18.2 Å². The number of carbonyl (C=O) groups excluding carboxylic acids is 1. The molecule has 2 aliphatic heterocycles. The summed E-state index contributed by atoms with van der Waals surface area (Å²) in [5, 5.41) is 4.00. The summed E-state index contributed by atoms with van der Waals surface area (Å²) in [5.41, 5.74) is 4.38. The first kappa shape index (κ1) is 20.7. The lowest BCUT2D eigenvalue weighted by atomic mass is 9.88. The molecule has 0 saturated carbocycles. The van der Waals surface area contributed by atoms with Gasteiger partial charge in [0.1, 0.15) is 5.56 Å². The van der Waals surface area contributed by atoms with Crippen LogP contribution >= 0.6 is 23.2 Å². The quantitative estimate of drug-likeness (QED) is 0.544. The lowest BCUT2D eigenvalue weighted by Crippen LogP contribution is -2.39. The lowest BCUT2D eigenvalue weighted by molar-refractivity contribution is 0.0932. The second kappa shape index (κ2) is 8.17. The highest BCUT2D eigenvalue weighted by molar-refractivity contribution is 6.40. The van der Waals surface area contributed by atoms with Gasteiger partial charge in [0, 0.05) is 31.0 Å². The predicted molar refractivity (Wildman–Crippen MR) is 128 cm³/mol. The summed E-state index contributed by atoms with van der Waals surface area (Å²) in [6.07, 6.45) is 4.90. The van der Waals surface area contributed by atoms with Crippen molar-refractivity contribution < 1.29 is 9.53 Å². The number of nitrogens with one attached hydrogen (secondary N) is 1. The Balaban J connectivity index is 1.22. The molecule has 0 bridgehead atoms. The van der Waals surface area contributed by atoms with Crippen LogP contribution < -0.4 is 15.0 Å². The molecule has 1 aromatic heterocycles. The number of aryl methyl sites for hydroxylation is 1. The minimum absolute atomic E-state index is 0.0392. The summed E-state index contributed by atoms with van der Waals surface area (Å²) >= 11 is 12.5. The summed E-state index contributed by atoms with van der Waals surface area (Å²) < 4.78 is 5.78. The summed E-state index contributed by atoms with van der Waals surface area (Å²) in [4.78, 5) is 25.8. The van der Waals surface area contributed by atoms with E-state index in [0.717, 1.165) is 18.5 Å². The van der Waals surface area contributed by atoms with E-state index in [0.29, 0.717) is 27.7 Å². The number of nitrogens with zero attached hydrogens (tertiary/aromatic N) is 4. The molecule has 0 spiro atoms. The molecule has 6 rings (SSSR count). The van der Waals surface area contributed by atoms with Gasteiger partial charge in [0.15, 0.2) is 6.73 Å². The Morgan fingerprint density at radius 2 is 1.91 bits per heavy atom. The van der Waals surface area contributed by atoms with Crippen molar-refractivity contribution in [2.75, 3.05) is 30.0 Å². The molecule has 0 radical (unpaired) electrons. The molecule has 1 atom stereocenters. The normalized spacial score (nSPS) is 19.5. The zero-order valence-electron chi connectivity index (χ0n) is 17.7. The van der Waals surface area contributed by atoms with Crippen molar-refractivity contribution in [3.63, 3.8) is 0 Å². The van der Waals surface area contributed by atoms with Gasteiger partial charge >= 0.3 is 0 Å². The van der Waals surface area contributed by atoms with Gasteiger partial charge in [-0.15, -0.1) is 0 Å². The van der Waals surface area contributed by atoms with Crippen LogP contribution in [-0.4, -0.2) is 46.6 Å². The third kappa shape index (κ3) is 3.90. The van der Waals surface area contributed by atoms with E-state index in [1.807, 2.05) is 6.07 Å². The molecule has 1 fully saturated rings. The van der Waals surface area contributed by atoms with E-state index in [-0.39, 0.29) is 24.1 Å². The predicted octanol–water partition coefficient (Wildman–Crippen LogP) is 4.70. The maximum absolute atomic E-state index is 13.1. The van der Waals surface area contributed by atoms with Crippen molar-refractivity contribution in [1.82, 2.24) is 14.9 Å². The number of halogens is 2. The zero-order chi connectivity index (χ0) is 22.5. The highest BCUT2D eigenvalue weighted by Gasteiger charge is 2.32. The molecule has 7 nitrogen and oxygen atoms in total. The molecule has 33 heavy (non-hydrogen) atoms. The molecular weight excluding hydrogens is 461 g/mol. The van der Waals surface area contributed by atoms with Crippen LogP contribution in [0.3, 0.4) is 0 Å². The third-order valence-corrected chi connectivity index (χ3v) is 7.04. The number of rotatable bonds is 4. The first-order valence-electron chi connectivity index (χ1n) is 11.0. The molecule has 1 saturated heterocycles. The van der Waals surface area contributed by atoms with Crippen molar-refractivity contribution in [3.05, 3.63) is 69.3 Å². The lowest BCUT2D eigenvalue weighted by Gasteiger charge is -2.29. The molecular formula is C24H21Cl2N5O2. The molecule has 168 valence electrons. The van der Waals surface area contributed by atoms with E-state index in [9.17, 15) is 4.79 Å². The van der Waals surface area contributed by atoms with Gasteiger partial charge in [-0.25, -0.2) is 4.98 Å².